The number of alkyl halides is 3. The number of hydrogen-bond acceptors (Lipinski definition) is 1. The first-order valence-corrected chi connectivity index (χ1v) is 8.83. The van der Waals surface area contributed by atoms with E-state index in [-0.39, 0.29) is 12.5 Å². The van der Waals surface area contributed by atoms with Crippen LogP contribution in [0.3, 0.4) is 0 Å². The smallest absolute Gasteiger partial charge is 0.337 e. The number of rotatable bonds is 4. The van der Waals surface area contributed by atoms with Crippen molar-refractivity contribution in [2.45, 2.75) is 19.6 Å². The largest absolute Gasteiger partial charge is 0.416 e. The Labute approximate surface area is 162 Å². The average Bonchev–Trinajstić information content (AvgIpc) is 2.67. The van der Waals surface area contributed by atoms with Crippen molar-refractivity contribution >= 4 is 5.91 Å². The Morgan fingerprint density at radius 3 is 2.25 bits per heavy atom. The monoisotopic (exact) mass is 383 g/mol. The van der Waals surface area contributed by atoms with Crippen LogP contribution < -0.4 is 0 Å². The van der Waals surface area contributed by atoms with E-state index in [1.54, 1.807) is 32.2 Å². The van der Waals surface area contributed by atoms with E-state index in [2.05, 4.69) is 0 Å². The summed E-state index contributed by atoms with van der Waals surface area (Å²) in [5.74, 6) is -0.241. The number of hydrogen-bond donors (Lipinski definition) is 0. The number of aryl methyl sites for hydroxylation is 1. The quantitative estimate of drug-likeness (QED) is 0.545. The molecule has 0 unspecified atom stereocenters. The second-order valence-corrected chi connectivity index (χ2v) is 6.78. The minimum atomic E-state index is -4.41. The average molecular weight is 383 g/mol. The van der Waals surface area contributed by atoms with Crippen molar-refractivity contribution in [3.63, 3.8) is 0 Å². The number of carbonyl (C=O) groups is 1. The van der Waals surface area contributed by atoms with Gasteiger partial charge in [0.2, 0.25) is 0 Å². The van der Waals surface area contributed by atoms with Gasteiger partial charge in [0.05, 0.1) is 5.56 Å². The fourth-order valence-corrected chi connectivity index (χ4v) is 3.21. The van der Waals surface area contributed by atoms with E-state index in [0.29, 0.717) is 16.7 Å². The van der Waals surface area contributed by atoms with Crippen molar-refractivity contribution in [3.8, 4) is 11.1 Å². The fraction of sp³-hybridized carbons (Fsp3) is 0.174. The molecule has 0 saturated carbocycles. The molecule has 28 heavy (non-hydrogen) atoms. The molecule has 0 aliphatic heterocycles. The summed E-state index contributed by atoms with van der Waals surface area (Å²) in [6.07, 6.45) is -4.41. The lowest BCUT2D eigenvalue weighted by Crippen LogP contribution is -2.27. The maximum absolute atomic E-state index is 13.1. The number of benzene rings is 3. The Hall–Kier alpha value is -3.08. The van der Waals surface area contributed by atoms with E-state index in [1.807, 2.05) is 42.5 Å². The van der Waals surface area contributed by atoms with E-state index in [4.69, 9.17) is 0 Å². The Balaban J connectivity index is 1.88. The molecule has 1 amide bonds. The van der Waals surface area contributed by atoms with Crippen LogP contribution >= 0.6 is 0 Å². The molecule has 3 aromatic rings. The van der Waals surface area contributed by atoms with Crippen LogP contribution in [0.5, 0.6) is 0 Å². The Bertz CT molecular complexity index is 981. The molecule has 0 heterocycles. The van der Waals surface area contributed by atoms with Crippen molar-refractivity contribution in [2.24, 2.45) is 0 Å². The van der Waals surface area contributed by atoms with Crippen molar-refractivity contribution in [2.75, 3.05) is 7.05 Å². The molecule has 0 aromatic heterocycles. The van der Waals surface area contributed by atoms with Gasteiger partial charge in [-0.15, -0.1) is 0 Å². The molecule has 2 nitrogen and oxygen atoms in total. The van der Waals surface area contributed by atoms with Gasteiger partial charge in [-0.3, -0.25) is 4.79 Å². The molecule has 0 aliphatic rings. The highest BCUT2D eigenvalue weighted by Gasteiger charge is 2.31. The summed E-state index contributed by atoms with van der Waals surface area (Å²) >= 11 is 0. The highest BCUT2D eigenvalue weighted by atomic mass is 19.4. The first-order valence-electron chi connectivity index (χ1n) is 8.83. The molecule has 0 aliphatic carbocycles. The Kier molecular flexibility index (Phi) is 5.54. The van der Waals surface area contributed by atoms with Crippen molar-refractivity contribution in [3.05, 3.63) is 95.1 Å². The topological polar surface area (TPSA) is 20.3 Å². The lowest BCUT2D eigenvalue weighted by Gasteiger charge is -2.20. The first kappa shape index (κ1) is 19.7. The van der Waals surface area contributed by atoms with Crippen LogP contribution in [0.15, 0.2) is 72.8 Å². The SMILES string of the molecule is Cc1cc(CN(C)C(=O)c2ccccc2-c2ccccc2)cc(C(F)(F)F)c1. The van der Waals surface area contributed by atoms with Gasteiger partial charge >= 0.3 is 6.18 Å². The van der Waals surface area contributed by atoms with Gasteiger partial charge in [-0.1, -0.05) is 60.2 Å². The van der Waals surface area contributed by atoms with E-state index < -0.39 is 11.7 Å². The van der Waals surface area contributed by atoms with E-state index >= 15 is 0 Å². The predicted molar refractivity (Wildman–Crippen MR) is 104 cm³/mol. The second kappa shape index (κ2) is 7.89. The van der Waals surface area contributed by atoms with E-state index in [9.17, 15) is 18.0 Å². The Morgan fingerprint density at radius 1 is 0.929 bits per heavy atom. The maximum atomic E-state index is 13.1. The normalized spacial score (nSPS) is 11.3. The maximum Gasteiger partial charge on any atom is 0.416 e. The summed E-state index contributed by atoms with van der Waals surface area (Å²) < 4.78 is 39.2. The third-order valence-electron chi connectivity index (χ3n) is 4.47. The van der Waals surface area contributed by atoms with Crippen LogP contribution in [0.2, 0.25) is 0 Å². The van der Waals surface area contributed by atoms with Crippen LogP contribution in [0.25, 0.3) is 11.1 Å². The highest BCUT2D eigenvalue weighted by molar-refractivity contribution is 6.00. The molecule has 3 rings (SSSR count). The van der Waals surface area contributed by atoms with Crippen LogP contribution in [0.1, 0.15) is 27.0 Å². The van der Waals surface area contributed by atoms with Crippen LogP contribution in [-0.4, -0.2) is 17.9 Å². The predicted octanol–water partition coefficient (Wildman–Crippen LogP) is 5.95. The van der Waals surface area contributed by atoms with Crippen molar-refractivity contribution < 1.29 is 18.0 Å². The Morgan fingerprint density at radius 2 is 1.57 bits per heavy atom. The molecule has 0 bridgehead atoms. The fourth-order valence-electron chi connectivity index (χ4n) is 3.21. The highest BCUT2D eigenvalue weighted by Crippen LogP contribution is 2.31. The number of amides is 1. The van der Waals surface area contributed by atoms with Crippen LogP contribution in [0.4, 0.5) is 13.2 Å². The summed E-state index contributed by atoms with van der Waals surface area (Å²) in [5.41, 5.74) is 2.47. The van der Waals surface area contributed by atoms with Gasteiger partial charge in [0, 0.05) is 19.2 Å². The summed E-state index contributed by atoms with van der Waals surface area (Å²) in [6, 6.07) is 20.6. The molecule has 0 N–H and O–H groups in total. The standard InChI is InChI=1S/C23H20F3NO/c1-16-12-17(14-19(13-16)23(24,25)26)15-27(2)22(28)21-11-7-6-10-20(21)18-8-4-3-5-9-18/h3-14H,15H2,1-2H3. The van der Waals surface area contributed by atoms with Crippen molar-refractivity contribution in [1.29, 1.82) is 0 Å². The van der Waals surface area contributed by atoms with Gasteiger partial charge in [-0.25, -0.2) is 0 Å². The first-order chi connectivity index (χ1) is 13.3. The van der Waals surface area contributed by atoms with E-state index in [0.717, 1.165) is 23.3 Å². The molecule has 0 spiro atoms. The summed E-state index contributed by atoms with van der Waals surface area (Å²) in [6.45, 7) is 1.71. The second-order valence-electron chi connectivity index (χ2n) is 6.78. The molecular weight excluding hydrogens is 363 g/mol. The molecule has 144 valence electrons. The zero-order valence-corrected chi connectivity index (χ0v) is 15.6. The van der Waals surface area contributed by atoms with Gasteiger partial charge in [-0.05, 0) is 41.8 Å². The number of nitrogens with zero attached hydrogens (tertiary/aromatic N) is 1. The minimum absolute atomic E-state index is 0.0900. The van der Waals surface area contributed by atoms with Crippen molar-refractivity contribution in [1.82, 2.24) is 4.90 Å². The molecular formula is C23H20F3NO. The molecule has 0 radical (unpaired) electrons. The van der Waals surface area contributed by atoms with Gasteiger partial charge in [-0.2, -0.15) is 13.2 Å². The summed E-state index contributed by atoms with van der Waals surface area (Å²) in [7, 11) is 1.60. The van der Waals surface area contributed by atoms with E-state index in [1.165, 1.54) is 4.90 Å². The zero-order valence-electron chi connectivity index (χ0n) is 15.6. The van der Waals surface area contributed by atoms with Gasteiger partial charge in [0.15, 0.2) is 0 Å². The third kappa shape index (κ3) is 4.42. The van der Waals surface area contributed by atoms with Crippen LogP contribution in [0, 0.1) is 6.92 Å². The summed E-state index contributed by atoms with van der Waals surface area (Å²) in [4.78, 5) is 14.5. The van der Waals surface area contributed by atoms with Gasteiger partial charge < -0.3 is 4.90 Å². The zero-order chi connectivity index (χ0) is 20.3. The van der Waals surface area contributed by atoms with Gasteiger partial charge in [0.1, 0.15) is 0 Å². The number of halogens is 3. The summed E-state index contributed by atoms with van der Waals surface area (Å²) in [5, 5.41) is 0. The molecule has 0 fully saturated rings. The number of carbonyl (C=O) groups excluding carboxylic acids is 1. The molecule has 0 saturated heterocycles. The third-order valence-corrected chi connectivity index (χ3v) is 4.47. The lowest BCUT2D eigenvalue weighted by molar-refractivity contribution is -0.137. The lowest BCUT2D eigenvalue weighted by atomic mass is 9.98. The minimum Gasteiger partial charge on any atom is -0.337 e. The van der Waals surface area contributed by atoms with Gasteiger partial charge in [0.25, 0.3) is 5.91 Å². The molecule has 5 heteroatoms. The molecule has 0 atom stereocenters. The van der Waals surface area contributed by atoms with Crippen LogP contribution in [-0.2, 0) is 12.7 Å². The molecule has 3 aromatic carbocycles.